The maximum Gasteiger partial charge on any atom is 0.165 e. The van der Waals surface area contributed by atoms with Crippen molar-refractivity contribution in [1.29, 1.82) is 0 Å². The number of hydrogen-bond donors (Lipinski definition) is 2. The summed E-state index contributed by atoms with van der Waals surface area (Å²) in [6.07, 6.45) is 0.351. The van der Waals surface area contributed by atoms with Crippen LogP contribution in [0.5, 0.6) is 5.75 Å². The molecule has 0 aliphatic carbocycles. The van der Waals surface area contributed by atoms with Crippen LogP contribution < -0.4 is 5.32 Å². The lowest BCUT2D eigenvalue weighted by molar-refractivity contribution is 0.157. The molecule has 2 N–H and O–H groups in total. The zero-order chi connectivity index (χ0) is 13.0. The average molecular weight is 256 g/mol. The topological polar surface area (TPSA) is 35.5 Å². The van der Waals surface area contributed by atoms with Crippen molar-refractivity contribution in [2.45, 2.75) is 12.5 Å². The Labute approximate surface area is 105 Å². The van der Waals surface area contributed by atoms with Gasteiger partial charge in [0.1, 0.15) is 0 Å². The first-order chi connectivity index (χ1) is 8.72. The SMILES string of the molecule is Oc1ccc([C@@H](CCF)N2CCNCC2)cc1F. The normalized spacial score (nSPS) is 18.8. The van der Waals surface area contributed by atoms with Crippen LogP contribution in [0.1, 0.15) is 18.0 Å². The molecule has 1 saturated heterocycles. The summed E-state index contributed by atoms with van der Waals surface area (Å²) in [5.74, 6) is -1.01. The van der Waals surface area contributed by atoms with Gasteiger partial charge < -0.3 is 10.4 Å². The second-order valence-corrected chi connectivity index (χ2v) is 4.49. The molecule has 0 spiro atoms. The van der Waals surface area contributed by atoms with Gasteiger partial charge in [-0.3, -0.25) is 9.29 Å². The van der Waals surface area contributed by atoms with Gasteiger partial charge in [0, 0.05) is 32.2 Å². The number of rotatable bonds is 4. The van der Waals surface area contributed by atoms with Crippen molar-refractivity contribution in [1.82, 2.24) is 10.2 Å². The van der Waals surface area contributed by atoms with Gasteiger partial charge in [-0.25, -0.2) is 4.39 Å². The number of nitrogens with one attached hydrogen (secondary N) is 1. The van der Waals surface area contributed by atoms with Crippen LogP contribution in [0.4, 0.5) is 8.78 Å². The quantitative estimate of drug-likeness (QED) is 0.863. The van der Waals surface area contributed by atoms with Gasteiger partial charge in [0.15, 0.2) is 11.6 Å². The third-order valence-corrected chi connectivity index (χ3v) is 3.33. The van der Waals surface area contributed by atoms with Crippen LogP contribution in [0.25, 0.3) is 0 Å². The van der Waals surface area contributed by atoms with Crippen LogP contribution in [0, 0.1) is 5.82 Å². The smallest absolute Gasteiger partial charge is 0.165 e. The first-order valence-electron chi connectivity index (χ1n) is 6.21. The first-order valence-corrected chi connectivity index (χ1v) is 6.21. The molecule has 5 heteroatoms. The largest absolute Gasteiger partial charge is 0.505 e. The molecule has 1 heterocycles. The summed E-state index contributed by atoms with van der Waals surface area (Å²) in [6.45, 7) is 2.95. The number of phenols is 1. The lowest BCUT2D eigenvalue weighted by Crippen LogP contribution is -2.45. The molecule has 1 aromatic carbocycles. The molecule has 0 radical (unpaired) electrons. The highest BCUT2D eigenvalue weighted by molar-refractivity contribution is 5.30. The lowest BCUT2D eigenvalue weighted by Gasteiger charge is -2.34. The molecule has 0 aromatic heterocycles. The van der Waals surface area contributed by atoms with Gasteiger partial charge in [-0.05, 0) is 24.1 Å². The predicted octanol–water partition coefficient (Wildman–Crippen LogP) is 1.84. The van der Waals surface area contributed by atoms with Gasteiger partial charge in [-0.1, -0.05) is 6.07 Å². The van der Waals surface area contributed by atoms with Gasteiger partial charge in [0.05, 0.1) is 6.67 Å². The van der Waals surface area contributed by atoms with Crippen LogP contribution >= 0.6 is 0 Å². The minimum atomic E-state index is -0.647. The van der Waals surface area contributed by atoms with E-state index in [1.807, 2.05) is 0 Å². The molecule has 0 saturated carbocycles. The Balaban J connectivity index is 2.19. The number of piperazine rings is 1. The summed E-state index contributed by atoms with van der Waals surface area (Å²) >= 11 is 0. The second kappa shape index (κ2) is 6.11. The highest BCUT2D eigenvalue weighted by atomic mass is 19.1. The summed E-state index contributed by atoms with van der Waals surface area (Å²) in [5.41, 5.74) is 0.727. The number of phenolic OH excluding ortho intramolecular Hbond substituents is 1. The molecule has 1 fully saturated rings. The van der Waals surface area contributed by atoms with Crippen LogP contribution in [0.15, 0.2) is 18.2 Å². The second-order valence-electron chi connectivity index (χ2n) is 4.49. The van der Waals surface area contributed by atoms with Crippen LogP contribution in [-0.2, 0) is 0 Å². The van der Waals surface area contributed by atoms with Crippen LogP contribution in [-0.4, -0.2) is 42.9 Å². The third-order valence-electron chi connectivity index (χ3n) is 3.33. The first kappa shape index (κ1) is 13.2. The number of aromatic hydroxyl groups is 1. The minimum Gasteiger partial charge on any atom is -0.505 e. The molecule has 0 bridgehead atoms. The molecule has 1 aliphatic heterocycles. The summed E-state index contributed by atoms with van der Waals surface area (Å²) in [5, 5.41) is 12.4. The standard InChI is InChI=1S/C13H18F2N2O/c14-4-3-12(17-7-5-16-6-8-17)10-1-2-13(18)11(15)9-10/h1-2,9,12,16,18H,3-8H2/t12-/m1/s1. The van der Waals surface area contributed by atoms with Crippen LogP contribution in [0.2, 0.25) is 0 Å². The van der Waals surface area contributed by atoms with Crippen molar-refractivity contribution in [3.05, 3.63) is 29.6 Å². The van der Waals surface area contributed by atoms with Crippen molar-refractivity contribution in [2.75, 3.05) is 32.9 Å². The van der Waals surface area contributed by atoms with Crippen molar-refractivity contribution < 1.29 is 13.9 Å². The highest BCUT2D eigenvalue weighted by Gasteiger charge is 2.22. The Morgan fingerprint density at radius 1 is 1.33 bits per heavy atom. The van der Waals surface area contributed by atoms with E-state index in [9.17, 15) is 13.9 Å². The Kier molecular flexibility index (Phi) is 4.49. The Morgan fingerprint density at radius 2 is 2.06 bits per heavy atom. The molecule has 2 rings (SSSR count). The minimum absolute atomic E-state index is 0.118. The number of alkyl halides is 1. The van der Waals surface area contributed by atoms with Gasteiger partial charge in [0.25, 0.3) is 0 Å². The third kappa shape index (κ3) is 2.97. The Hall–Kier alpha value is -1.20. The van der Waals surface area contributed by atoms with Crippen molar-refractivity contribution in [3.8, 4) is 5.75 Å². The van der Waals surface area contributed by atoms with E-state index in [-0.39, 0.29) is 11.8 Å². The Bertz CT molecular complexity index is 395. The maximum absolute atomic E-state index is 13.4. The molecule has 1 aliphatic rings. The molecule has 0 amide bonds. The lowest BCUT2D eigenvalue weighted by atomic mass is 10.0. The summed E-state index contributed by atoms with van der Waals surface area (Å²) < 4.78 is 26.1. The number of halogens is 2. The van der Waals surface area contributed by atoms with E-state index >= 15 is 0 Å². The summed E-state index contributed by atoms with van der Waals surface area (Å²) in [6, 6.07) is 4.18. The van der Waals surface area contributed by atoms with Gasteiger partial charge in [-0.2, -0.15) is 0 Å². The molecule has 0 unspecified atom stereocenters. The Morgan fingerprint density at radius 3 is 2.67 bits per heavy atom. The van der Waals surface area contributed by atoms with Gasteiger partial charge in [-0.15, -0.1) is 0 Å². The van der Waals surface area contributed by atoms with E-state index in [1.54, 1.807) is 6.07 Å². The van der Waals surface area contributed by atoms with Gasteiger partial charge in [0.2, 0.25) is 0 Å². The molecule has 1 aromatic rings. The molecule has 100 valence electrons. The maximum atomic E-state index is 13.4. The molecule has 1 atom stereocenters. The number of nitrogens with zero attached hydrogens (tertiary/aromatic N) is 1. The van der Waals surface area contributed by atoms with Crippen molar-refractivity contribution in [2.24, 2.45) is 0 Å². The molecule has 3 nitrogen and oxygen atoms in total. The van der Waals surface area contributed by atoms with Crippen molar-refractivity contribution >= 4 is 0 Å². The van der Waals surface area contributed by atoms with E-state index in [2.05, 4.69) is 10.2 Å². The fourth-order valence-corrected chi connectivity index (χ4v) is 2.39. The van der Waals surface area contributed by atoms with E-state index in [4.69, 9.17) is 0 Å². The predicted molar refractivity (Wildman–Crippen MR) is 65.8 cm³/mol. The molecular weight excluding hydrogens is 238 g/mol. The van der Waals surface area contributed by atoms with E-state index in [0.717, 1.165) is 31.7 Å². The molecular formula is C13H18F2N2O. The average Bonchev–Trinajstić information content (AvgIpc) is 2.40. The fourth-order valence-electron chi connectivity index (χ4n) is 2.39. The van der Waals surface area contributed by atoms with Crippen molar-refractivity contribution in [3.63, 3.8) is 0 Å². The summed E-state index contributed by atoms with van der Waals surface area (Å²) in [7, 11) is 0. The number of benzene rings is 1. The monoisotopic (exact) mass is 256 g/mol. The zero-order valence-electron chi connectivity index (χ0n) is 10.2. The van der Waals surface area contributed by atoms with E-state index in [1.165, 1.54) is 12.1 Å². The number of hydrogen-bond acceptors (Lipinski definition) is 3. The highest BCUT2D eigenvalue weighted by Crippen LogP contribution is 2.28. The van der Waals surface area contributed by atoms with E-state index in [0.29, 0.717) is 6.42 Å². The van der Waals surface area contributed by atoms with Gasteiger partial charge >= 0.3 is 0 Å². The molecule has 18 heavy (non-hydrogen) atoms. The summed E-state index contributed by atoms with van der Waals surface area (Å²) in [4.78, 5) is 2.15. The zero-order valence-corrected chi connectivity index (χ0v) is 10.2. The van der Waals surface area contributed by atoms with E-state index < -0.39 is 12.5 Å². The fraction of sp³-hybridized carbons (Fsp3) is 0.538. The van der Waals surface area contributed by atoms with Crippen LogP contribution in [0.3, 0.4) is 0 Å².